The number of benzene rings is 3. The number of anilines is 1. The standard InChI is InChI=1S/C28H23Cl2N3O2S/c1-15-21(27(35)33-18-7-3-2-4-8-18)22(19-9-5-6-10-20(19)30)23-24(31)26(36-28(23)32-15)25(34)16-11-13-17(29)14-12-16/h2-14,22,24,26,32H,31H2,1H3,(H,33,35). The van der Waals surface area contributed by atoms with E-state index in [1.807, 2.05) is 55.5 Å². The fraction of sp³-hybridized carbons (Fsp3) is 0.143. The van der Waals surface area contributed by atoms with Gasteiger partial charge in [0, 0.05) is 44.5 Å². The lowest BCUT2D eigenvalue weighted by molar-refractivity contribution is -0.113. The molecule has 0 aromatic heterocycles. The van der Waals surface area contributed by atoms with Gasteiger partial charge in [-0.25, -0.2) is 0 Å². The summed E-state index contributed by atoms with van der Waals surface area (Å²) in [4.78, 5) is 27.1. The molecule has 8 heteroatoms. The van der Waals surface area contributed by atoms with Gasteiger partial charge in [0.2, 0.25) is 0 Å². The van der Waals surface area contributed by atoms with Crippen molar-refractivity contribution >= 4 is 52.3 Å². The number of Topliss-reactive ketones (excluding diaryl/α,β-unsaturated/α-hetero) is 1. The van der Waals surface area contributed by atoms with Crippen molar-refractivity contribution in [2.75, 3.05) is 5.32 Å². The first-order valence-corrected chi connectivity index (χ1v) is 13.0. The number of rotatable bonds is 5. The third-order valence-electron chi connectivity index (χ3n) is 6.38. The Labute approximate surface area is 223 Å². The van der Waals surface area contributed by atoms with Crippen LogP contribution < -0.4 is 16.4 Å². The maximum Gasteiger partial charge on any atom is 0.254 e. The van der Waals surface area contributed by atoms with Gasteiger partial charge in [0.25, 0.3) is 5.91 Å². The van der Waals surface area contributed by atoms with Gasteiger partial charge in [-0.3, -0.25) is 9.59 Å². The van der Waals surface area contributed by atoms with Gasteiger partial charge >= 0.3 is 0 Å². The summed E-state index contributed by atoms with van der Waals surface area (Å²) in [5, 5.41) is 7.66. The number of para-hydroxylation sites is 1. The Morgan fingerprint density at radius 1 is 0.944 bits per heavy atom. The van der Waals surface area contributed by atoms with Crippen LogP contribution in [0.5, 0.6) is 0 Å². The molecular formula is C28H23Cl2N3O2S. The van der Waals surface area contributed by atoms with Gasteiger partial charge < -0.3 is 16.4 Å². The second-order valence-electron chi connectivity index (χ2n) is 8.66. The summed E-state index contributed by atoms with van der Waals surface area (Å²) in [7, 11) is 0. The molecule has 3 unspecified atom stereocenters. The van der Waals surface area contributed by atoms with Crippen molar-refractivity contribution in [3.8, 4) is 0 Å². The summed E-state index contributed by atoms with van der Waals surface area (Å²) in [5.41, 5.74) is 10.7. The van der Waals surface area contributed by atoms with Crippen molar-refractivity contribution < 1.29 is 9.59 Å². The lowest BCUT2D eigenvalue weighted by Gasteiger charge is -2.32. The van der Waals surface area contributed by atoms with Crippen molar-refractivity contribution in [3.05, 3.63) is 122 Å². The van der Waals surface area contributed by atoms with Crippen LogP contribution in [0.4, 0.5) is 5.69 Å². The molecule has 0 spiro atoms. The molecule has 0 saturated heterocycles. The molecule has 3 atom stereocenters. The van der Waals surface area contributed by atoms with E-state index in [1.165, 1.54) is 11.8 Å². The average Bonchev–Trinajstić information content (AvgIpc) is 3.19. The number of hydrogen-bond acceptors (Lipinski definition) is 5. The van der Waals surface area contributed by atoms with Crippen LogP contribution in [0.1, 0.15) is 28.8 Å². The first-order chi connectivity index (χ1) is 17.3. The molecule has 3 aromatic rings. The highest BCUT2D eigenvalue weighted by molar-refractivity contribution is 8.04. The largest absolute Gasteiger partial charge is 0.353 e. The van der Waals surface area contributed by atoms with Crippen molar-refractivity contribution in [1.82, 2.24) is 5.32 Å². The molecule has 182 valence electrons. The summed E-state index contributed by atoms with van der Waals surface area (Å²) in [6, 6.07) is 22.9. The lowest BCUT2D eigenvalue weighted by Crippen LogP contribution is -2.40. The zero-order valence-corrected chi connectivity index (χ0v) is 21.6. The predicted molar refractivity (Wildman–Crippen MR) is 147 cm³/mol. The number of nitrogens with two attached hydrogens (primary N) is 1. The highest BCUT2D eigenvalue weighted by Crippen LogP contribution is 2.50. The van der Waals surface area contributed by atoms with Crippen LogP contribution in [0.25, 0.3) is 0 Å². The minimum Gasteiger partial charge on any atom is -0.353 e. The van der Waals surface area contributed by atoms with Gasteiger partial charge in [0.15, 0.2) is 5.78 Å². The molecule has 0 aliphatic carbocycles. The Morgan fingerprint density at radius 3 is 2.31 bits per heavy atom. The van der Waals surface area contributed by atoms with E-state index in [0.717, 1.165) is 16.2 Å². The maximum absolute atomic E-state index is 13.6. The number of hydrogen-bond donors (Lipinski definition) is 3. The Kier molecular flexibility index (Phi) is 6.95. The molecule has 5 rings (SSSR count). The fourth-order valence-electron chi connectivity index (χ4n) is 4.67. The monoisotopic (exact) mass is 535 g/mol. The van der Waals surface area contributed by atoms with Crippen LogP contribution >= 0.6 is 35.0 Å². The lowest BCUT2D eigenvalue weighted by atomic mass is 9.77. The molecule has 4 N–H and O–H groups in total. The van der Waals surface area contributed by atoms with E-state index < -0.39 is 17.2 Å². The number of nitrogens with one attached hydrogen (secondary N) is 2. The zero-order chi connectivity index (χ0) is 25.4. The molecule has 0 fully saturated rings. The summed E-state index contributed by atoms with van der Waals surface area (Å²) >= 11 is 14.1. The van der Waals surface area contributed by atoms with Gasteiger partial charge in [-0.2, -0.15) is 0 Å². The summed E-state index contributed by atoms with van der Waals surface area (Å²) < 4.78 is 0. The fourth-order valence-corrected chi connectivity index (χ4v) is 6.43. The van der Waals surface area contributed by atoms with E-state index >= 15 is 0 Å². The maximum atomic E-state index is 13.6. The first kappa shape index (κ1) is 24.7. The van der Waals surface area contributed by atoms with Crippen molar-refractivity contribution in [2.24, 2.45) is 5.73 Å². The van der Waals surface area contributed by atoms with E-state index in [0.29, 0.717) is 32.6 Å². The third-order valence-corrected chi connectivity index (χ3v) is 8.31. The number of halogens is 2. The Hall–Kier alpha value is -3.03. The van der Waals surface area contributed by atoms with Crippen molar-refractivity contribution in [3.63, 3.8) is 0 Å². The third kappa shape index (κ3) is 4.58. The number of amides is 1. The molecule has 5 nitrogen and oxygen atoms in total. The number of thioether (sulfide) groups is 1. The molecule has 0 radical (unpaired) electrons. The highest BCUT2D eigenvalue weighted by Gasteiger charge is 2.46. The summed E-state index contributed by atoms with van der Waals surface area (Å²) in [6.07, 6.45) is 0. The Morgan fingerprint density at radius 2 is 1.61 bits per heavy atom. The Bertz CT molecular complexity index is 1400. The second kappa shape index (κ2) is 10.1. The van der Waals surface area contributed by atoms with E-state index in [2.05, 4.69) is 10.6 Å². The smallest absolute Gasteiger partial charge is 0.254 e. The number of allylic oxidation sites excluding steroid dienone is 1. The minimum atomic E-state index is -0.630. The van der Waals surface area contributed by atoms with Crippen LogP contribution in [0.3, 0.4) is 0 Å². The van der Waals surface area contributed by atoms with Gasteiger partial charge in [-0.1, -0.05) is 71.4 Å². The van der Waals surface area contributed by atoms with E-state index in [-0.39, 0.29) is 11.7 Å². The van der Waals surface area contributed by atoms with Gasteiger partial charge in [0.1, 0.15) is 0 Å². The number of carbonyl (C=O) groups is 2. The molecule has 36 heavy (non-hydrogen) atoms. The SMILES string of the molecule is CC1=C(C(=O)Nc2ccccc2)C(c2ccccc2Cl)C2=C(N1)SC(C(=O)c1ccc(Cl)cc1)C2N. The van der Waals surface area contributed by atoms with E-state index in [4.69, 9.17) is 28.9 Å². The minimum absolute atomic E-state index is 0.0915. The normalized spacial score (nSPS) is 21.2. The molecule has 2 aliphatic rings. The number of ketones is 1. The molecular weight excluding hydrogens is 513 g/mol. The van der Waals surface area contributed by atoms with Crippen molar-refractivity contribution in [1.29, 1.82) is 0 Å². The van der Waals surface area contributed by atoms with Crippen molar-refractivity contribution in [2.45, 2.75) is 24.1 Å². The van der Waals surface area contributed by atoms with Crippen LogP contribution in [0.2, 0.25) is 10.0 Å². The average molecular weight is 536 g/mol. The predicted octanol–water partition coefficient (Wildman–Crippen LogP) is 6.13. The Balaban J connectivity index is 1.54. The molecule has 0 saturated carbocycles. The summed E-state index contributed by atoms with van der Waals surface area (Å²) in [6.45, 7) is 1.86. The van der Waals surface area contributed by atoms with E-state index in [9.17, 15) is 9.59 Å². The molecule has 2 heterocycles. The van der Waals surface area contributed by atoms with Crippen LogP contribution in [0, 0.1) is 0 Å². The second-order valence-corrected chi connectivity index (χ2v) is 10.7. The van der Waals surface area contributed by atoms with Gasteiger partial charge in [-0.05, 0) is 60.5 Å². The van der Waals surface area contributed by atoms with E-state index in [1.54, 1.807) is 30.3 Å². The van der Waals surface area contributed by atoms with Gasteiger partial charge in [-0.15, -0.1) is 0 Å². The first-order valence-electron chi connectivity index (χ1n) is 11.4. The molecule has 1 amide bonds. The zero-order valence-electron chi connectivity index (χ0n) is 19.3. The quantitative estimate of drug-likeness (QED) is 0.342. The number of dihydropyridines is 1. The molecule has 2 aliphatic heterocycles. The van der Waals surface area contributed by atoms with Crippen LogP contribution in [-0.4, -0.2) is 23.0 Å². The van der Waals surface area contributed by atoms with Crippen LogP contribution in [0.15, 0.2) is 101 Å². The van der Waals surface area contributed by atoms with Crippen LogP contribution in [-0.2, 0) is 4.79 Å². The van der Waals surface area contributed by atoms with Gasteiger partial charge in [0.05, 0.1) is 10.3 Å². The highest BCUT2D eigenvalue weighted by atomic mass is 35.5. The summed E-state index contributed by atoms with van der Waals surface area (Å²) in [5.74, 6) is -0.859. The number of carbonyl (C=O) groups excluding carboxylic acids is 2. The topological polar surface area (TPSA) is 84.2 Å². The molecule has 0 bridgehead atoms. The molecule has 3 aromatic carbocycles.